The molecular formula is C17H25NO2S. The minimum absolute atomic E-state index is 0.242. The molecule has 0 aliphatic heterocycles. The smallest absolute Gasteiger partial charge is 0.324 e. The monoisotopic (exact) mass is 307 g/mol. The van der Waals surface area contributed by atoms with E-state index in [0.29, 0.717) is 6.54 Å². The molecule has 0 heterocycles. The molecule has 0 spiro atoms. The average molecular weight is 307 g/mol. The van der Waals surface area contributed by atoms with Crippen LogP contribution in [-0.4, -0.2) is 28.9 Å². The molecule has 0 saturated heterocycles. The van der Waals surface area contributed by atoms with Gasteiger partial charge in [0.25, 0.3) is 0 Å². The fourth-order valence-electron chi connectivity index (χ4n) is 3.40. The summed E-state index contributed by atoms with van der Waals surface area (Å²) < 4.78 is 0. The molecule has 2 N–H and O–H groups in total. The van der Waals surface area contributed by atoms with Gasteiger partial charge in [-0.3, -0.25) is 4.79 Å². The number of carbonyl (C=O) groups is 1. The van der Waals surface area contributed by atoms with Gasteiger partial charge in [0.2, 0.25) is 0 Å². The van der Waals surface area contributed by atoms with Gasteiger partial charge in [0.05, 0.1) is 0 Å². The van der Waals surface area contributed by atoms with E-state index in [1.165, 1.54) is 10.5 Å². The minimum Gasteiger partial charge on any atom is -0.480 e. The van der Waals surface area contributed by atoms with Gasteiger partial charge in [0.15, 0.2) is 0 Å². The molecule has 4 heteroatoms. The van der Waals surface area contributed by atoms with Gasteiger partial charge in [0.1, 0.15) is 5.54 Å². The van der Waals surface area contributed by atoms with Crippen LogP contribution in [0.4, 0.5) is 0 Å². The second kappa shape index (κ2) is 7.32. The zero-order chi connectivity index (χ0) is 15.3. The number of aryl methyl sites for hydroxylation is 1. The van der Waals surface area contributed by atoms with E-state index in [-0.39, 0.29) is 5.92 Å². The summed E-state index contributed by atoms with van der Waals surface area (Å²) in [5, 5.41) is 12.9. The third-order valence-corrected chi connectivity index (χ3v) is 5.72. The number of aliphatic carboxylic acids is 1. The lowest BCUT2D eigenvalue weighted by Gasteiger charge is -2.32. The van der Waals surface area contributed by atoms with Crippen LogP contribution in [0.15, 0.2) is 29.2 Å². The lowest BCUT2D eigenvalue weighted by molar-refractivity contribution is -0.146. The Labute approximate surface area is 131 Å². The van der Waals surface area contributed by atoms with Crippen molar-refractivity contribution in [3.8, 4) is 0 Å². The molecule has 1 aromatic carbocycles. The van der Waals surface area contributed by atoms with E-state index >= 15 is 0 Å². The number of nitrogens with one attached hydrogen (secondary N) is 1. The Morgan fingerprint density at radius 2 is 2.24 bits per heavy atom. The molecule has 1 aromatic rings. The van der Waals surface area contributed by atoms with Crippen molar-refractivity contribution >= 4 is 17.7 Å². The molecule has 2 rings (SSSR count). The summed E-state index contributed by atoms with van der Waals surface area (Å²) in [4.78, 5) is 13.0. The first-order chi connectivity index (χ1) is 10.1. The summed E-state index contributed by atoms with van der Waals surface area (Å²) in [6, 6.07) is 8.38. The molecule has 0 aromatic heterocycles. The van der Waals surface area contributed by atoms with Crippen LogP contribution in [-0.2, 0) is 4.79 Å². The number of thioether (sulfide) groups is 1. The lowest BCUT2D eigenvalue weighted by atomic mass is 9.85. The third-order valence-electron chi connectivity index (χ3n) is 4.51. The molecule has 0 bridgehead atoms. The number of likely N-dealkylation sites (N-methyl/N-ethyl adjacent to an activating group) is 1. The highest BCUT2D eigenvalue weighted by atomic mass is 32.2. The molecule has 1 aliphatic carbocycles. The first kappa shape index (κ1) is 16.4. The Hall–Kier alpha value is -1.00. The number of hydrogen-bond acceptors (Lipinski definition) is 3. The highest BCUT2D eigenvalue weighted by Crippen LogP contribution is 2.39. The minimum atomic E-state index is -0.693. The molecule has 1 fully saturated rings. The van der Waals surface area contributed by atoms with Gasteiger partial charge in [-0.15, -0.1) is 11.8 Å². The predicted molar refractivity (Wildman–Crippen MR) is 87.9 cm³/mol. The predicted octanol–water partition coefficient (Wildman–Crippen LogP) is 3.71. The summed E-state index contributed by atoms with van der Waals surface area (Å²) in [5.41, 5.74) is 0.603. The molecule has 0 amide bonds. The Morgan fingerprint density at radius 1 is 1.48 bits per heavy atom. The maximum atomic E-state index is 11.7. The van der Waals surface area contributed by atoms with Gasteiger partial charge < -0.3 is 10.4 Å². The molecule has 2 unspecified atom stereocenters. The summed E-state index contributed by atoms with van der Waals surface area (Å²) in [6.07, 6.45) is 3.75. The van der Waals surface area contributed by atoms with E-state index in [2.05, 4.69) is 36.5 Å². The fourth-order valence-corrected chi connectivity index (χ4v) is 4.50. The van der Waals surface area contributed by atoms with Gasteiger partial charge >= 0.3 is 5.97 Å². The van der Waals surface area contributed by atoms with E-state index in [9.17, 15) is 9.90 Å². The van der Waals surface area contributed by atoms with Crippen LogP contribution >= 0.6 is 11.8 Å². The van der Waals surface area contributed by atoms with Crippen molar-refractivity contribution in [3.05, 3.63) is 29.8 Å². The zero-order valence-corrected chi connectivity index (χ0v) is 13.7. The van der Waals surface area contributed by atoms with E-state index in [1.807, 2.05) is 18.7 Å². The SMILES string of the molecule is CCNC1(C(=O)O)CCCC1CCSc1ccccc1C. The van der Waals surface area contributed by atoms with Crippen molar-refractivity contribution in [2.75, 3.05) is 12.3 Å². The van der Waals surface area contributed by atoms with Crippen LogP contribution in [0.2, 0.25) is 0 Å². The van der Waals surface area contributed by atoms with Gasteiger partial charge in [-0.25, -0.2) is 0 Å². The van der Waals surface area contributed by atoms with Crippen molar-refractivity contribution in [3.63, 3.8) is 0 Å². The Morgan fingerprint density at radius 3 is 2.90 bits per heavy atom. The lowest BCUT2D eigenvalue weighted by Crippen LogP contribution is -2.54. The second-order valence-electron chi connectivity index (χ2n) is 5.80. The summed E-state index contributed by atoms with van der Waals surface area (Å²) >= 11 is 1.84. The Kier molecular flexibility index (Phi) is 5.71. The first-order valence-electron chi connectivity index (χ1n) is 7.77. The molecule has 2 atom stereocenters. The molecule has 0 radical (unpaired) electrons. The van der Waals surface area contributed by atoms with Crippen LogP contribution in [0.3, 0.4) is 0 Å². The van der Waals surface area contributed by atoms with Crippen molar-refractivity contribution in [1.82, 2.24) is 5.32 Å². The van der Waals surface area contributed by atoms with E-state index < -0.39 is 11.5 Å². The van der Waals surface area contributed by atoms with Crippen molar-refractivity contribution in [2.45, 2.75) is 50.0 Å². The number of hydrogen-bond donors (Lipinski definition) is 2. The second-order valence-corrected chi connectivity index (χ2v) is 6.94. The van der Waals surface area contributed by atoms with E-state index in [1.54, 1.807) is 0 Å². The van der Waals surface area contributed by atoms with E-state index in [4.69, 9.17) is 0 Å². The van der Waals surface area contributed by atoms with E-state index in [0.717, 1.165) is 31.4 Å². The number of rotatable bonds is 7. The summed E-state index contributed by atoms with van der Waals surface area (Å²) in [6.45, 7) is 4.83. The molecular weight excluding hydrogens is 282 g/mol. The average Bonchev–Trinajstić information content (AvgIpc) is 2.86. The van der Waals surface area contributed by atoms with Crippen LogP contribution < -0.4 is 5.32 Å². The maximum Gasteiger partial charge on any atom is 0.324 e. The van der Waals surface area contributed by atoms with Crippen LogP contribution in [0.5, 0.6) is 0 Å². The van der Waals surface area contributed by atoms with Gasteiger partial charge in [-0.1, -0.05) is 31.5 Å². The molecule has 1 saturated carbocycles. The largest absolute Gasteiger partial charge is 0.480 e. The number of carboxylic acid groups (broad SMARTS) is 1. The maximum absolute atomic E-state index is 11.7. The highest BCUT2D eigenvalue weighted by molar-refractivity contribution is 7.99. The standard InChI is InChI=1S/C17H25NO2S/c1-3-18-17(16(19)20)11-6-8-14(17)10-12-21-15-9-5-4-7-13(15)2/h4-5,7,9,14,18H,3,6,8,10-12H2,1-2H3,(H,19,20). The zero-order valence-electron chi connectivity index (χ0n) is 12.9. The summed E-state index contributed by atoms with van der Waals surface area (Å²) in [7, 11) is 0. The first-order valence-corrected chi connectivity index (χ1v) is 8.75. The van der Waals surface area contributed by atoms with Crippen LogP contribution in [0, 0.1) is 12.8 Å². The molecule has 3 nitrogen and oxygen atoms in total. The molecule has 116 valence electrons. The Bertz CT molecular complexity index is 491. The van der Waals surface area contributed by atoms with Crippen molar-refractivity contribution < 1.29 is 9.90 Å². The quantitative estimate of drug-likeness (QED) is 0.754. The van der Waals surface area contributed by atoms with Crippen molar-refractivity contribution in [1.29, 1.82) is 0 Å². The molecule has 1 aliphatic rings. The van der Waals surface area contributed by atoms with Gasteiger partial charge in [-0.2, -0.15) is 0 Å². The summed E-state index contributed by atoms with van der Waals surface area (Å²) in [5.74, 6) is 0.551. The number of carboxylic acids is 1. The van der Waals surface area contributed by atoms with Gasteiger partial charge in [-0.05, 0) is 56.0 Å². The highest BCUT2D eigenvalue weighted by Gasteiger charge is 2.48. The van der Waals surface area contributed by atoms with Crippen LogP contribution in [0.1, 0.15) is 38.2 Å². The van der Waals surface area contributed by atoms with Crippen molar-refractivity contribution in [2.24, 2.45) is 5.92 Å². The van der Waals surface area contributed by atoms with Crippen LogP contribution in [0.25, 0.3) is 0 Å². The third kappa shape index (κ3) is 3.61. The van der Waals surface area contributed by atoms with Gasteiger partial charge in [0, 0.05) is 4.90 Å². The number of benzene rings is 1. The normalized spacial score (nSPS) is 25.1. The fraction of sp³-hybridized carbons (Fsp3) is 0.588. The molecule has 21 heavy (non-hydrogen) atoms. The topological polar surface area (TPSA) is 49.3 Å². The Balaban J connectivity index is 1.95.